The summed E-state index contributed by atoms with van der Waals surface area (Å²) in [7, 11) is 0. The molecule has 0 aliphatic carbocycles. The molecule has 2 nitrogen and oxygen atoms in total. The highest BCUT2D eigenvalue weighted by Crippen LogP contribution is 2.09. The molecule has 0 unspecified atom stereocenters. The van der Waals surface area contributed by atoms with Crippen LogP contribution >= 0.6 is 0 Å². The van der Waals surface area contributed by atoms with Gasteiger partial charge < -0.3 is 9.20 Å². The molecule has 0 aromatic rings. The lowest BCUT2D eigenvalue weighted by molar-refractivity contribution is 0.257. The Morgan fingerprint density at radius 1 is 1.23 bits per heavy atom. The van der Waals surface area contributed by atoms with Crippen molar-refractivity contribution in [3.63, 3.8) is 0 Å². The lowest BCUT2D eigenvalue weighted by atomic mass is 10.1. The number of hydrogen-bond acceptors (Lipinski definition) is 2. The van der Waals surface area contributed by atoms with E-state index in [2.05, 4.69) is 36.9 Å². The molecule has 0 bridgehead atoms. The Morgan fingerprint density at radius 2 is 1.85 bits per heavy atom. The van der Waals surface area contributed by atoms with Crippen molar-refractivity contribution in [2.75, 3.05) is 19.6 Å². The molecule has 13 heavy (non-hydrogen) atoms. The van der Waals surface area contributed by atoms with Crippen LogP contribution in [-0.4, -0.2) is 45.6 Å². The lowest BCUT2D eigenvalue weighted by Crippen LogP contribution is -2.40. The highest BCUT2D eigenvalue weighted by atomic mass is 27.1. The van der Waals surface area contributed by atoms with Crippen molar-refractivity contribution in [3.05, 3.63) is 0 Å². The zero-order valence-corrected chi connectivity index (χ0v) is 12.0. The summed E-state index contributed by atoms with van der Waals surface area (Å²) >= 11 is 1.17. The first-order valence-electron chi connectivity index (χ1n) is 5.40. The summed E-state index contributed by atoms with van der Waals surface area (Å²) in [5.74, 6) is 0. The van der Waals surface area contributed by atoms with Gasteiger partial charge in [0.25, 0.3) is 0 Å². The van der Waals surface area contributed by atoms with Gasteiger partial charge in [-0.1, -0.05) is 6.92 Å². The molecule has 0 heterocycles. The first kappa shape index (κ1) is 13.5. The first-order chi connectivity index (χ1) is 5.98. The minimum atomic E-state index is 0.372. The van der Waals surface area contributed by atoms with Crippen LogP contribution in [-0.2, 0) is 0 Å². The summed E-state index contributed by atoms with van der Waals surface area (Å²) in [5, 5.41) is 3.43. The van der Waals surface area contributed by atoms with Gasteiger partial charge in [-0.15, -0.1) is 0 Å². The second kappa shape index (κ2) is 6.84. The topological polar surface area (TPSA) is 15.3 Å². The van der Waals surface area contributed by atoms with E-state index in [-0.39, 0.29) is 0 Å². The van der Waals surface area contributed by atoms with Gasteiger partial charge in [-0.05, 0) is 58.8 Å². The Labute approximate surface area is 91.7 Å². The molecular weight excluding hydrogens is 175 g/mol. The van der Waals surface area contributed by atoms with Crippen molar-refractivity contribution in [1.82, 2.24) is 9.20 Å². The van der Waals surface area contributed by atoms with Crippen molar-refractivity contribution < 1.29 is 0 Å². The van der Waals surface area contributed by atoms with Gasteiger partial charge in [-0.3, -0.25) is 0 Å². The summed E-state index contributed by atoms with van der Waals surface area (Å²) in [6.07, 6.45) is 2.52. The Balaban J connectivity index is 3.32. The van der Waals surface area contributed by atoms with Gasteiger partial charge in [-0.25, -0.2) is 0 Å². The first-order valence-corrected chi connectivity index (χ1v) is 6.30. The SMILES string of the molecule is CCCNCCC[N]([AlH2])C(C)(C)C. The molecule has 0 aromatic carbocycles. The van der Waals surface area contributed by atoms with Crippen molar-refractivity contribution in [2.45, 2.75) is 46.1 Å². The minimum Gasteiger partial charge on any atom is -0.386 e. The highest BCUT2D eigenvalue weighted by Gasteiger charge is 2.14. The zero-order valence-electron chi connectivity index (χ0n) is 9.98. The fourth-order valence-corrected chi connectivity index (χ4v) is 1.39. The van der Waals surface area contributed by atoms with Gasteiger partial charge in [0.1, 0.15) is 0 Å². The predicted molar refractivity (Wildman–Crippen MR) is 62.8 cm³/mol. The molecule has 0 saturated carbocycles. The Hall–Kier alpha value is 0.452. The minimum absolute atomic E-state index is 0.372. The summed E-state index contributed by atoms with van der Waals surface area (Å²) in [6, 6.07) is 0. The Morgan fingerprint density at radius 3 is 2.31 bits per heavy atom. The van der Waals surface area contributed by atoms with Crippen molar-refractivity contribution in [1.29, 1.82) is 0 Å². The van der Waals surface area contributed by atoms with Gasteiger partial charge in [0, 0.05) is 0 Å². The lowest BCUT2D eigenvalue weighted by Gasteiger charge is -2.33. The Bertz CT molecular complexity index is 121. The van der Waals surface area contributed by atoms with E-state index in [0.717, 1.165) is 6.54 Å². The summed E-state index contributed by atoms with van der Waals surface area (Å²) in [5.41, 5.74) is 0.372. The molecule has 0 saturated heterocycles. The molecule has 0 fully saturated rings. The van der Waals surface area contributed by atoms with Crippen molar-refractivity contribution >= 4 is 16.5 Å². The maximum atomic E-state index is 3.43. The number of hydrogen-bond donors (Lipinski definition) is 1. The van der Waals surface area contributed by atoms with Crippen LogP contribution in [0.2, 0.25) is 0 Å². The van der Waals surface area contributed by atoms with E-state index in [1.54, 1.807) is 0 Å². The molecule has 0 atom stereocenters. The average Bonchev–Trinajstić information content (AvgIpc) is 2.02. The molecule has 0 rings (SSSR count). The molecule has 0 radical (unpaired) electrons. The summed E-state index contributed by atoms with van der Waals surface area (Å²) in [4.78, 5) is 0. The van der Waals surface area contributed by atoms with Crippen molar-refractivity contribution in [3.8, 4) is 0 Å². The van der Waals surface area contributed by atoms with Crippen LogP contribution in [0.5, 0.6) is 0 Å². The molecule has 0 aliphatic rings. The molecule has 1 N–H and O–H groups in total. The fraction of sp³-hybridized carbons (Fsp3) is 1.00. The third-order valence-electron chi connectivity index (χ3n) is 2.42. The van der Waals surface area contributed by atoms with Crippen LogP contribution in [0.4, 0.5) is 0 Å². The molecule has 0 amide bonds. The van der Waals surface area contributed by atoms with Crippen LogP contribution in [0, 0.1) is 0 Å². The molecular formula is C10H25AlN2. The maximum Gasteiger partial charge on any atom is 0.322 e. The van der Waals surface area contributed by atoms with Gasteiger partial charge in [0.2, 0.25) is 0 Å². The monoisotopic (exact) mass is 200 g/mol. The van der Waals surface area contributed by atoms with Gasteiger partial charge >= 0.3 is 16.5 Å². The van der Waals surface area contributed by atoms with Crippen LogP contribution in [0.3, 0.4) is 0 Å². The van der Waals surface area contributed by atoms with Crippen LogP contribution in [0.15, 0.2) is 0 Å². The summed E-state index contributed by atoms with van der Waals surface area (Å²) in [6.45, 7) is 12.7. The van der Waals surface area contributed by atoms with E-state index in [1.807, 2.05) is 0 Å². The molecule has 0 aromatic heterocycles. The van der Waals surface area contributed by atoms with Gasteiger partial charge in [0.05, 0.1) is 0 Å². The number of nitrogens with zero attached hydrogens (tertiary/aromatic N) is 1. The van der Waals surface area contributed by atoms with E-state index in [9.17, 15) is 0 Å². The van der Waals surface area contributed by atoms with E-state index < -0.39 is 0 Å². The normalized spacial score (nSPS) is 12.4. The second-order valence-corrected chi connectivity index (χ2v) is 5.78. The summed E-state index contributed by atoms with van der Waals surface area (Å²) < 4.78 is 2.54. The number of nitrogens with one attached hydrogen (secondary N) is 1. The molecule has 3 heteroatoms. The molecule has 0 spiro atoms. The average molecular weight is 200 g/mol. The maximum absolute atomic E-state index is 3.43. The van der Waals surface area contributed by atoms with E-state index in [1.165, 1.54) is 42.4 Å². The highest BCUT2D eigenvalue weighted by molar-refractivity contribution is 6.04. The van der Waals surface area contributed by atoms with E-state index in [0.29, 0.717) is 5.54 Å². The Kier molecular flexibility index (Phi) is 7.08. The predicted octanol–water partition coefficient (Wildman–Crippen LogP) is 1.02. The smallest absolute Gasteiger partial charge is 0.322 e. The molecule has 78 valence electrons. The second-order valence-electron chi connectivity index (χ2n) is 4.70. The number of rotatable bonds is 6. The van der Waals surface area contributed by atoms with E-state index >= 15 is 0 Å². The van der Waals surface area contributed by atoms with Gasteiger partial charge in [-0.2, -0.15) is 0 Å². The fourth-order valence-electron chi connectivity index (χ4n) is 1.08. The molecule has 0 aliphatic heterocycles. The third kappa shape index (κ3) is 7.52. The largest absolute Gasteiger partial charge is 0.386 e. The standard InChI is InChI=1S/C10H23N2.Al.2H/c1-5-7-11-8-6-9-12-10(2,3)4;;;/h11H,5-9H2,1-4H3;;;/q-1;+1;;. The zero-order chi connectivity index (χ0) is 10.3. The van der Waals surface area contributed by atoms with Crippen LogP contribution < -0.4 is 5.32 Å². The van der Waals surface area contributed by atoms with Crippen LogP contribution in [0.25, 0.3) is 0 Å². The third-order valence-corrected chi connectivity index (χ3v) is 4.21. The quantitative estimate of drug-likeness (QED) is 0.509. The van der Waals surface area contributed by atoms with Crippen LogP contribution in [0.1, 0.15) is 40.5 Å². The van der Waals surface area contributed by atoms with Gasteiger partial charge in [0.15, 0.2) is 0 Å². The van der Waals surface area contributed by atoms with E-state index in [4.69, 9.17) is 0 Å². The van der Waals surface area contributed by atoms with Crippen molar-refractivity contribution in [2.24, 2.45) is 0 Å².